The standard InChI is InChI=1S/C19H29ClN4OS/c1-21-19(22-8-3-4-13-26-2)24-11-9-23(10-12-24)18(25)15-16-6-5-7-17(20)14-16/h5-7,14H,3-4,8-13,15H2,1-2H3,(H,21,22). The number of carbonyl (C=O) groups is 1. The third kappa shape index (κ3) is 6.72. The number of aliphatic imine (C=N–C) groups is 1. The van der Waals surface area contributed by atoms with Gasteiger partial charge in [0.25, 0.3) is 0 Å². The fraction of sp³-hybridized carbons (Fsp3) is 0.579. The molecule has 1 aliphatic heterocycles. The molecule has 1 fully saturated rings. The zero-order chi connectivity index (χ0) is 18.8. The number of benzene rings is 1. The molecule has 1 amide bonds. The molecular weight excluding hydrogens is 368 g/mol. The maximum atomic E-state index is 12.5. The van der Waals surface area contributed by atoms with E-state index in [0.717, 1.165) is 50.7 Å². The van der Waals surface area contributed by atoms with Crippen molar-refractivity contribution in [2.75, 3.05) is 51.8 Å². The Morgan fingerprint density at radius 3 is 2.62 bits per heavy atom. The summed E-state index contributed by atoms with van der Waals surface area (Å²) in [4.78, 5) is 21.1. The minimum Gasteiger partial charge on any atom is -0.356 e. The zero-order valence-electron chi connectivity index (χ0n) is 15.7. The van der Waals surface area contributed by atoms with Gasteiger partial charge < -0.3 is 15.1 Å². The van der Waals surface area contributed by atoms with Crippen LogP contribution in [0.3, 0.4) is 0 Å². The predicted molar refractivity (Wildman–Crippen MR) is 112 cm³/mol. The van der Waals surface area contributed by atoms with Crippen LogP contribution in [0.2, 0.25) is 5.02 Å². The molecule has 1 saturated heterocycles. The molecule has 1 N–H and O–H groups in total. The van der Waals surface area contributed by atoms with Crippen molar-refractivity contribution in [1.82, 2.24) is 15.1 Å². The van der Waals surface area contributed by atoms with E-state index in [2.05, 4.69) is 21.5 Å². The van der Waals surface area contributed by atoms with Gasteiger partial charge in [0.05, 0.1) is 6.42 Å². The summed E-state index contributed by atoms with van der Waals surface area (Å²) in [5.41, 5.74) is 0.965. The lowest BCUT2D eigenvalue weighted by atomic mass is 10.1. The molecule has 1 heterocycles. The average molecular weight is 397 g/mol. The van der Waals surface area contributed by atoms with Gasteiger partial charge in [-0.05, 0) is 42.5 Å². The fourth-order valence-electron chi connectivity index (χ4n) is 3.00. The number of nitrogens with one attached hydrogen (secondary N) is 1. The summed E-state index contributed by atoms with van der Waals surface area (Å²) in [5, 5.41) is 4.11. The molecule has 0 atom stereocenters. The van der Waals surface area contributed by atoms with E-state index in [1.54, 1.807) is 0 Å². The van der Waals surface area contributed by atoms with Gasteiger partial charge in [0.1, 0.15) is 0 Å². The second-order valence-corrected chi connectivity index (χ2v) is 7.77. The highest BCUT2D eigenvalue weighted by molar-refractivity contribution is 7.98. The lowest BCUT2D eigenvalue weighted by Gasteiger charge is -2.36. The van der Waals surface area contributed by atoms with Crippen LogP contribution in [-0.4, -0.2) is 73.4 Å². The van der Waals surface area contributed by atoms with Crippen LogP contribution in [-0.2, 0) is 11.2 Å². The largest absolute Gasteiger partial charge is 0.356 e. The minimum absolute atomic E-state index is 0.159. The molecule has 0 aliphatic carbocycles. The van der Waals surface area contributed by atoms with E-state index in [4.69, 9.17) is 11.6 Å². The first kappa shape index (κ1) is 20.9. The van der Waals surface area contributed by atoms with Crippen LogP contribution in [0.4, 0.5) is 0 Å². The van der Waals surface area contributed by atoms with Crippen LogP contribution in [0, 0.1) is 0 Å². The van der Waals surface area contributed by atoms with Gasteiger partial charge in [-0.15, -0.1) is 0 Å². The molecule has 0 bridgehead atoms. The Labute approximate surface area is 166 Å². The van der Waals surface area contributed by atoms with E-state index >= 15 is 0 Å². The fourth-order valence-corrected chi connectivity index (χ4v) is 3.71. The van der Waals surface area contributed by atoms with Crippen molar-refractivity contribution in [2.24, 2.45) is 4.99 Å². The molecule has 1 aliphatic rings. The van der Waals surface area contributed by atoms with E-state index in [0.29, 0.717) is 11.4 Å². The average Bonchev–Trinajstić information content (AvgIpc) is 2.65. The Balaban J connectivity index is 1.75. The minimum atomic E-state index is 0.159. The Bertz CT molecular complexity index is 603. The highest BCUT2D eigenvalue weighted by atomic mass is 35.5. The SMILES string of the molecule is CN=C(NCCCCSC)N1CCN(C(=O)Cc2cccc(Cl)c2)CC1. The Morgan fingerprint density at radius 2 is 1.96 bits per heavy atom. The Hall–Kier alpha value is -1.40. The summed E-state index contributed by atoms with van der Waals surface area (Å²) in [6.45, 7) is 4.03. The van der Waals surface area contributed by atoms with Crippen LogP contribution < -0.4 is 5.32 Å². The van der Waals surface area contributed by atoms with E-state index in [9.17, 15) is 4.79 Å². The highest BCUT2D eigenvalue weighted by Gasteiger charge is 2.22. The van der Waals surface area contributed by atoms with Crippen LogP contribution in [0.25, 0.3) is 0 Å². The maximum Gasteiger partial charge on any atom is 0.227 e. The number of hydrogen-bond acceptors (Lipinski definition) is 3. The lowest BCUT2D eigenvalue weighted by Crippen LogP contribution is -2.54. The van der Waals surface area contributed by atoms with Crippen LogP contribution in [0.1, 0.15) is 18.4 Å². The van der Waals surface area contributed by atoms with Crippen molar-refractivity contribution in [3.05, 3.63) is 34.9 Å². The van der Waals surface area contributed by atoms with E-state index in [-0.39, 0.29) is 5.91 Å². The lowest BCUT2D eigenvalue weighted by molar-refractivity contribution is -0.131. The summed E-state index contributed by atoms with van der Waals surface area (Å²) in [6.07, 6.45) is 4.91. The number of hydrogen-bond donors (Lipinski definition) is 1. The van der Waals surface area contributed by atoms with Gasteiger partial charge in [0.15, 0.2) is 5.96 Å². The molecule has 0 saturated carbocycles. The van der Waals surface area contributed by atoms with Crippen molar-refractivity contribution in [3.63, 3.8) is 0 Å². The number of amides is 1. The molecule has 1 aromatic rings. The van der Waals surface area contributed by atoms with Crippen molar-refractivity contribution >= 4 is 35.2 Å². The third-order valence-corrected chi connectivity index (χ3v) is 5.38. The third-order valence-electron chi connectivity index (χ3n) is 4.45. The normalized spacial score (nSPS) is 15.3. The molecule has 1 aromatic carbocycles. The first-order chi connectivity index (χ1) is 12.6. The summed E-state index contributed by atoms with van der Waals surface area (Å²) >= 11 is 7.89. The van der Waals surface area contributed by atoms with E-state index in [1.807, 2.05) is 48.0 Å². The van der Waals surface area contributed by atoms with Gasteiger partial charge in [-0.1, -0.05) is 23.7 Å². The number of halogens is 1. The molecule has 0 aromatic heterocycles. The molecule has 0 spiro atoms. The van der Waals surface area contributed by atoms with Gasteiger partial charge in [0, 0.05) is 44.8 Å². The van der Waals surface area contributed by atoms with E-state index in [1.165, 1.54) is 12.2 Å². The Kier molecular flexibility index (Phi) is 9.12. The van der Waals surface area contributed by atoms with Gasteiger partial charge in [0.2, 0.25) is 5.91 Å². The Morgan fingerprint density at radius 1 is 1.23 bits per heavy atom. The highest BCUT2D eigenvalue weighted by Crippen LogP contribution is 2.13. The monoisotopic (exact) mass is 396 g/mol. The first-order valence-electron chi connectivity index (χ1n) is 9.11. The number of rotatable bonds is 7. The van der Waals surface area contributed by atoms with Gasteiger partial charge in [-0.2, -0.15) is 11.8 Å². The summed E-state index contributed by atoms with van der Waals surface area (Å²) in [6, 6.07) is 7.52. The van der Waals surface area contributed by atoms with Crippen LogP contribution >= 0.6 is 23.4 Å². The molecule has 144 valence electrons. The number of nitrogens with zero attached hydrogens (tertiary/aromatic N) is 3. The molecule has 0 radical (unpaired) electrons. The summed E-state index contributed by atoms with van der Waals surface area (Å²) < 4.78 is 0. The molecule has 26 heavy (non-hydrogen) atoms. The summed E-state index contributed by atoms with van der Waals surface area (Å²) in [7, 11) is 1.82. The van der Waals surface area contributed by atoms with Crippen molar-refractivity contribution in [1.29, 1.82) is 0 Å². The van der Waals surface area contributed by atoms with Crippen LogP contribution in [0.15, 0.2) is 29.3 Å². The second-order valence-electron chi connectivity index (χ2n) is 6.35. The first-order valence-corrected chi connectivity index (χ1v) is 10.9. The molecular formula is C19H29ClN4OS. The van der Waals surface area contributed by atoms with Crippen LogP contribution in [0.5, 0.6) is 0 Å². The number of guanidine groups is 1. The molecule has 2 rings (SSSR count). The number of thioether (sulfide) groups is 1. The smallest absolute Gasteiger partial charge is 0.227 e. The molecule has 0 unspecified atom stereocenters. The van der Waals surface area contributed by atoms with Crippen molar-refractivity contribution < 1.29 is 4.79 Å². The van der Waals surface area contributed by atoms with Gasteiger partial charge in [-0.3, -0.25) is 9.79 Å². The summed E-state index contributed by atoms with van der Waals surface area (Å²) in [5.74, 6) is 2.30. The molecule has 5 nitrogen and oxygen atoms in total. The second kappa shape index (κ2) is 11.3. The molecule has 7 heteroatoms. The number of unbranched alkanes of at least 4 members (excludes halogenated alkanes) is 1. The number of piperazine rings is 1. The van der Waals surface area contributed by atoms with Crippen molar-refractivity contribution in [3.8, 4) is 0 Å². The number of carbonyl (C=O) groups excluding carboxylic acids is 1. The topological polar surface area (TPSA) is 47.9 Å². The zero-order valence-corrected chi connectivity index (χ0v) is 17.3. The van der Waals surface area contributed by atoms with Crippen molar-refractivity contribution in [2.45, 2.75) is 19.3 Å². The predicted octanol–water partition coefficient (Wildman–Crippen LogP) is 2.75. The van der Waals surface area contributed by atoms with Gasteiger partial charge in [-0.25, -0.2) is 0 Å². The van der Waals surface area contributed by atoms with E-state index < -0.39 is 0 Å². The quantitative estimate of drug-likeness (QED) is 0.437. The van der Waals surface area contributed by atoms with Gasteiger partial charge >= 0.3 is 0 Å². The maximum absolute atomic E-state index is 12.5.